The Morgan fingerprint density at radius 3 is 2.60 bits per heavy atom. The number of hydrogen-bond acceptors (Lipinski definition) is 4. The molecule has 0 unspecified atom stereocenters. The minimum absolute atomic E-state index is 0.101. The Labute approximate surface area is 148 Å². The van der Waals surface area contributed by atoms with Gasteiger partial charge < -0.3 is 15.5 Å². The molecule has 0 radical (unpaired) electrons. The molecule has 4 rings (SSSR count). The maximum absolute atomic E-state index is 12.6. The lowest BCUT2D eigenvalue weighted by Crippen LogP contribution is -2.49. The first kappa shape index (κ1) is 16.5. The lowest BCUT2D eigenvalue weighted by Gasteiger charge is -2.36. The minimum Gasteiger partial charge on any atom is -0.341 e. The summed E-state index contributed by atoms with van der Waals surface area (Å²) in [6.45, 7) is 2.33. The third-order valence-electron chi connectivity index (χ3n) is 6.09. The summed E-state index contributed by atoms with van der Waals surface area (Å²) in [6, 6.07) is 3.54. The normalized spacial score (nSPS) is 27.5. The molecule has 25 heavy (non-hydrogen) atoms. The smallest absolute Gasteiger partial charge is 0.256 e. The highest BCUT2D eigenvalue weighted by Crippen LogP contribution is 2.33. The Balaban J connectivity index is 1.34. The summed E-state index contributed by atoms with van der Waals surface area (Å²) in [6.07, 6.45) is 7.61. The average molecular weight is 342 g/mol. The monoisotopic (exact) mass is 342 g/mol. The van der Waals surface area contributed by atoms with Crippen molar-refractivity contribution in [2.24, 2.45) is 11.7 Å². The predicted octanol–water partition coefficient (Wildman–Crippen LogP) is 1.55. The van der Waals surface area contributed by atoms with Crippen LogP contribution >= 0.6 is 0 Å². The SMILES string of the molecule is N[C@H](C(=O)N1CCCC1)C1CCC(N2Cc3ncccc3C2=O)CC1. The highest BCUT2D eigenvalue weighted by molar-refractivity contribution is 5.97. The fraction of sp³-hybridized carbons (Fsp3) is 0.632. The van der Waals surface area contributed by atoms with Gasteiger partial charge in [-0.2, -0.15) is 0 Å². The Kier molecular flexibility index (Phi) is 4.46. The maximum Gasteiger partial charge on any atom is 0.256 e. The molecular weight excluding hydrogens is 316 g/mol. The summed E-state index contributed by atoms with van der Waals surface area (Å²) in [5, 5.41) is 0. The molecule has 2 fully saturated rings. The zero-order valence-corrected chi connectivity index (χ0v) is 14.6. The van der Waals surface area contributed by atoms with Crippen LogP contribution in [0.1, 0.15) is 54.6 Å². The van der Waals surface area contributed by atoms with E-state index < -0.39 is 0 Å². The fourth-order valence-corrected chi connectivity index (χ4v) is 4.56. The third kappa shape index (κ3) is 3.03. The summed E-state index contributed by atoms with van der Waals surface area (Å²) in [4.78, 5) is 33.3. The lowest BCUT2D eigenvalue weighted by molar-refractivity contribution is -0.133. The number of pyridine rings is 1. The number of nitrogens with two attached hydrogens (primary N) is 1. The summed E-state index contributed by atoms with van der Waals surface area (Å²) in [7, 11) is 0. The quantitative estimate of drug-likeness (QED) is 0.904. The number of amides is 2. The van der Waals surface area contributed by atoms with Crippen LogP contribution in [0.25, 0.3) is 0 Å². The van der Waals surface area contributed by atoms with Crippen LogP contribution in [0, 0.1) is 5.92 Å². The van der Waals surface area contributed by atoms with Crippen molar-refractivity contribution in [2.75, 3.05) is 13.1 Å². The largest absolute Gasteiger partial charge is 0.341 e. The molecule has 1 saturated carbocycles. The van der Waals surface area contributed by atoms with Crippen molar-refractivity contribution in [3.8, 4) is 0 Å². The van der Waals surface area contributed by atoms with Gasteiger partial charge in [0.05, 0.1) is 23.8 Å². The second kappa shape index (κ2) is 6.75. The van der Waals surface area contributed by atoms with E-state index >= 15 is 0 Å². The standard InChI is InChI=1S/C19H26N4O2/c20-17(19(25)22-10-1-2-11-22)13-5-7-14(8-6-13)23-12-16-15(18(23)24)4-3-9-21-16/h3-4,9,13-14,17H,1-2,5-8,10-12,20H2/t13?,14?,17-/m0/s1. The van der Waals surface area contributed by atoms with Gasteiger partial charge in [0.1, 0.15) is 0 Å². The number of carbonyl (C=O) groups is 2. The molecule has 0 spiro atoms. The lowest BCUT2D eigenvalue weighted by atomic mass is 9.81. The number of carbonyl (C=O) groups excluding carboxylic acids is 2. The van der Waals surface area contributed by atoms with E-state index in [0.717, 1.165) is 62.9 Å². The molecule has 3 aliphatic rings. The van der Waals surface area contributed by atoms with Crippen LogP contribution < -0.4 is 5.73 Å². The van der Waals surface area contributed by atoms with Gasteiger partial charge in [-0.15, -0.1) is 0 Å². The molecule has 134 valence electrons. The molecule has 2 amide bonds. The molecule has 3 heterocycles. The summed E-state index contributed by atoms with van der Waals surface area (Å²) < 4.78 is 0. The Morgan fingerprint density at radius 1 is 1.20 bits per heavy atom. The molecule has 1 aromatic rings. The number of nitrogens with zero attached hydrogens (tertiary/aromatic N) is 3. The van der Waals surface area contributed by atoms with E-state index in [-0.39, 0.29) is 29.8 Å². The predicted molar refractivity (Wildman–Crippen MR) is 93.6 cm³/mol. The molecule has 6 nitrogen and oxygen atoms in total. The van der Waals surface area contributed by atoms with Crippen LogP contribution in [-0.2, 0) is 11.3 Å². The Bertz CT molecular complexity index is 663. The summed E-state index contributed by atoms with van der Waals surface area (Å²) in [5.74, 6) is 0.460. The van der Waals surface area contributed by atoms with Crippen molar-refractivity contribution in [3.05, 3.63) is 29.6 Å². The van der Waals surface area contributed by atoms with Crippen molar-refractivity contribution < 1.29 is 9.59 Å². The first-order valence-corrected chi connectivity index (χ1v) is 9.44. The zero-order chi connectivity index (χ0) is 17.4. The third-order valence-corrected chi connectivity index (χ3v) is 6.09. The van der Waals surface area contributed by atoms with E-state index in [0.29, 0.717) is 6.54 Å². The van der Waals surface area contributed by atoms with Gasteiger partial charge in [0.25, 0.3) is 5.91 Å². The van der Waals surface area contributed by atoms with Gasteiger partial charge in [0.2, 0.25) is 5.91 Å². The van der Waals surface area contributed by atoms with Gasteiger partial charge in [-0.05, 0) is 56.6 Å². The van der Waals surface area contributed by atoms with E-state index in [1.54, 1.807) is 6.20 Å². The number of likely N-dealkylation sites (tertiary alicyclic amines) is 1. The molecule has 6 heteroatoms. The summed E-state index contributed by atoms with van der Waals surface area (Å²) >= 11 is 0. The maximum atomic E-state index is 12.6. The molecule has 1 saturated heterocycles. The molecule has 2 N–H and O–H groups in total. The molecule has 2 aliphatic heterocycles. The molecule has 1 aromatic heterocycles. The number of aromatic nitrogens is 1. The highest BCUT2D eigenvalue weighted by atomic mass is 16.2. The number of rotatable bonds is 3. The van der Waals surface area contributed by atoms with Gasteiger partial charge in [0, 0.05) is 25.3 Å². The van der Waals surface area contributed by atoms with E-state index in [4.69, 9.17) is 5.73 Å². The minimum atomic E-state index is -0.382. The van der Waals surface area contributed by atoms with Gasteiger partial charge in [-0.25, -0.2) is 0 Å². The van der Waals surface area contributed by atoms with Crippen LogP contribution in [0.15, 0.2) is 18.3 Å². The fourth-order valence-electron chi connectivity index (χ4n) is 4.56. The van der Waals surface area contributed by atoms with Crippen LogP contribution in [0.4, 0.5) is 0 Å². The highest BCUT2D eigenvalue weighted by Gasteiger charge is 2.38. The topological polar surface area (TPSA) is 79.5 Å². The van der Waals surface area contributed by atoms with Gasteiger partial charge in [0.15, 0.2) is 0 Å². The number of fused-ring (bicyclic) bond motifs is 1. The molecule has 0 bridgehead atoms. The van der Waals surface area contributed by atoms with Crippen LogP contribution in [0.3, 0.4) is 0 Å². The van der Waals surface area contributed by atoms with Crippen molar-refractivity contribution in [1.82, 2.24) is 14.8 Å². The second-order valence-corrected chi connectivity index (χ2v) is 7.56. The first-order valence-electron chi connectivity index (χ1n) is 9.44. The zero-order valence-electron chi connectivity index (χ0n) is 14.6. The van der Waals surface area contributed by atoms with Crippen molar-refractivity contribution >= 4 is 11.8 Å². The van der Waals surface area contributed by atoms with Gasteiger partial charge in [-0.1, -0.05) is 0 Å². The van der Waals surface area contributed by atoms with E-state index in [1.807, 2.05) is 21.9 Å². The first-order chi connectivity index (χ1) is 12.1. The Hall–Kier alpha value is -1.95. The second-order valence-electron chi connectivity index (χ2n) is 7.56. The molecule has 0 aromatic carbocycles. The number of hydrogen-bond donors (Lipinski definition) is 1. The van der Waals surface area contributed by atoms with E-state index in [2.05, 4.69) is 4.98 Å². The molecule has 1 atom stereocenters. The molecular formula is C19H26N4O2. The summed E-state index contributed by atoms with van der Waals surface area (Å²) in [5.41, 5.74) is 7.91. The van der Waals surface area contributed by atoms with Crippen LogP contribution in [0.2, 0.25) is 0 Å². The molecule has 1 aliphatic carbocycles. The van der Waals surface area contributed by atoms with E-state index in [1.165, 1.54) is 0 Å². The van der Waals surface area contributed by atoms with Gasteiger partial charge >= 0.3 is 0 Å². The van der Waals surface area contributed by atoms with Crippen molar-refractivity contribution in [2.45, 2.75) is 57.2 Å². The Morgan fingerprint density at radius 2 is 1.92 bits per heavy atom. The van der Waals surface area contributed by atoms with Crippen molar-refractivity contribution in [3.63, 3.8) is 0 Å². The van der Waals surface area contributed by atoms with Crippen LogP contribution in [-0.4, -0.2) is 51.8 Å². The van der Waals surface area contributed by atoms with Crippen molar-refractivity contribution in [1.29, 1.82) is 0 Å². The van der Waals surface area contributed by atoms with E-state index in [9.17, 15) is 9.59 Å². The average Bonchev–Trinajstić information content (AvgIpc) is 3.30. The van der Waals surface area contributed by atoms with Gasteiger partial charge in [-0.3, -0.25) is 14.6 Å². The van der Waals surface area contributed by atoms with Crippen LogP contribution in [0.5, 0.6) is 0 Å².